The fraction of sp³-hybridized carbons (Fsp3) is 0. The molecule has 0 unspecified atom stereocenters. The summed E-state index contributed by atoms with van der Waals surface area (Å²) < 4.78 is 0. The first kappa shape index (κ1) is 11.6. The summed E-state index contributed by atoms with van der Waals surface area (Å²) >= 11 is -1.10. The molecule has 6 heteroatoms. The molecule has 0 aliphatic carbocycles. The van der Waals surface area contributed by atoms with Crippen molar-refractivity contribution < 1.29 is 0 Å². The summed E-state index contributed by atoms with van der Waals surface area (Å²) in [6.45, 7) is 0. The minimum absolute atomic E-state index is 1.02. The van der Waals surface area contributed by atoms with Gasteiger partial charge in [0.15, 0.2) is 0 Å². The normalized spacial score (nSPS) is 7.00. The second-order valence-corrected chi connectivity index (χ2v) is 12.9. The number of halogens is 4. The van der Waals surface area contributed by atoms with Gasteiger partial charge in [-0.2, -0.15) is 0 Å². The molecule has 0 aromatic rings. The van der Waals surface area contributed by atoms with Crippen LogP contribution in [-0.4, -0.2) is 38.7 Å². The van der Waals surface area contributed by atoms with Gasteiger partial charge in [0.25, 0.3) is 0 Å². The van der Waals surface area contributed by atoms with Crippen molar-refractivity contribution in [2.24, 2.45) is 0 Å². The number of rotatable bonds is 0. The van der Waals surface area contributed by atoms with Gasteiger partial charge in [0.2, 0.25) is 0 Å². The quantitative estimate of drug-likeness (QED) is 0.553. The molecule has 0 N–H and O–H groups in total. The Morgan fingerprint density at radius 2 is 1.00 bits per heavy atom. The molecule has 0 saturated heterocycles. The Labute approximate surface area is 72.6 Å². The van der Waals surface area contributed by atoms with Gasteiger partial charge >= 0.3 is 74.0 Å². The van der Waals surface area contributed by atoms with Crippen LogP contribution in [0.5, 0.6) is 0 Å². The molecule has 0 nitrogen and oxygen atoms in total. The zero-order chi connectivity index (χ0) is 5.58. The van der Waals surface area contributed by atoms with Crippen molar-refractivity contribution in [3.63, 3.8) is 0 Å². The fourth-order valence-electron chi connectivity index (χ4n) is 0. The predicted octanol–water partition coefficient (Wildman–Crippen LogP) is 1.46. The van der Waals surface area contributed by atoms with Crippen LogP contribution in [0.1, 0.15) is 0 Å². The molecular formula is H2Cl4Sb2. The van der Waals surface area contributed by atoms with Crippen LogP contribution >= 0.6 is 35.3 Å². The number of hydrogen-bond acceptors (Lipinski definition) is 0. The summed E-state index contributed by atoms with van der Waals surface area (Å²) in [5.74, 6) is 0. The molecule has 0 aliphatic rings. The summed E-state index contributed by atoms with van der Waals surface area (Å²) in [7, 11) is 19.7. The molecule has 0 bridgehead atoms. The monoisotopic (exact) mass is 384 g/mol. The Bertz CT molecular complexity index is 10.3. The Hall–Kier alpha value is 2.80. The van der Waals surface area contributed by atoms with Crippen LogP contribution in [0.3, 0.4) is 0 Å². The van der Waals surface area contributed by atoms with Gasteiger partial charge in [0.05, 0.1) is 0 Å². The first-order valence-electron chi connectivity index (χ1n) is 0.756. The molecule has 40 valence electrons. The van der Waals surface area contributed by atoms with E-state index in [1.165, 1.54) is 0 Å². The van der Waals surface area contributed by atoms with Crippen molar-refractivity contribution in [2.45, 2.75) is 0 Å². The third-order valence-electron chi connectivity index (χ3n) is 0. The average molecular weight is 387 g/mol. The van der Waals surface area contributed by atoms with E-state index < -0.39 is 16.8 Å². The Kier molecular flexibility index (Phi) is 20.7. The molecule has 0 amide bonds. The maximum absolute atomic E-state index is 5.00. The summed E-state index contributed by atoms with van der Waals surface area (Å²) in [6, 6.07) is 0. The molecule has 0 aliphatic heterocycles. The van der Waals surface area contributed by atoms with Crippen LogP contribution in [0.15, 0.2) is 0 Å². The number of hydrogen-bond donors (Lipinski definition) is 0. The van der Waals surface area contributed by atoms with E-state index in [-0.39, 0.29) is 0 Å². The van der Waals surface area contributed by atoms with Gasteiger partial charge in [-0.3, -0.25) is 0 Å². The molecule has 0 heterocycles. The van der Waals surface area contributed by atoms with Gasteiger partial charge in [-0.25, -0.2) is 0 Å². The van der Waals surface area contributed by atoms with E-state index in [1.54, 1.807) is 0 Å². The third kappa shape index (κ3) is 29.2. The standard InChI is InChI=1S/4ClH.2Sb.2H/h4*1H;;;;/q;;;;+1;+3;;/p-4. The zero-order valence-electron chi connectivity index (χ0n) is 2.51. The van der Waals surface area contributed by atoms with Crippen LogP contribution in [0, 0.1) is 0 Å². The van der Waals surface area contributed by atoms with Gasteiger partial charge < -0.3 is 0 Å². The molecule has 2 radical (unpaired) electrons. The molecule has 0 spiro atoms. The first-order chi connectivity index (χ1) is 2.73. The summed E-state index contributed by atoms with van der Waals surface area (Å²) in [5.41, 5.74) is 0. The average Bonchev–Trinajstić information content (AvgIpc) is 1.41. The molecule has 0 rings (SSSR count). The molecule has 0 aromatic carbocycles. The maximum atomic E-state index is 5.00. The molecule has 0 fully saturated rings. The van der Waals surface area contributed by atoms with Crippen LogP contribution in [0.4, 0.5) is 0 Å². The van der Waals surface area contributed by atoms with Crippen molar-refractivity contribution in [1.82, 2.24) is 0 Å². The van der Waals surface area contributed by atoms with Crippen LogP contribution in [0.2, 0.25) is 0 Å². The van der Waals surface area contributed by atoms with Gasteiger partial charge in [0.1, 0.15) is 0 Å². The Balaban J connectivity index is 0. The van der Waals surface area contributed by atoms with Gasteiger partial charge in [-0.15, -0.1) is 0 Å². The molecular weight excluding hydrogens is 385 g/mol. The van der Waals surface area contributed by atoms with Crippen molar-refractivity contribution in [1.29, 1.82) is 0 Å². The van der Waals surface area contributed by atoms with Crippen molar-refractivity contribution in [3.8, 4) is 0 Å². The third-order valence-corrected chi connectivity index (χ3v) is 0. The van der Waals surface area contributed by atoms with E-state index in [0.717, 1.165) is 21.9 Å². The molecule has 6 heavy (non-hydrogen) atoms. The Morgan fingerprint density at radius 1 is 1.00 bits per heavy atom. The van der Waals surface area contributed by atoms with E-state index in [4.69, 9.17) is 35.3 Å². The summed E-state index contributed by atoms with van der Waals surface area (Å²) in [6.07, 6.45) is 0. The second-order valence-electron chi connectivity index (χ2n) is 0.214. The van der Waals surface area contributed by atoms with Crippen LogP contribution < -0.4 is 0 Å². The summed E-state index contributed by atoms with van der Waals surface area (Å²) in [4.78, 5) is 0. The van der Waals surface area contributed by atoms with Crippen molar-refractivity contribution in [3.05, 3.63) is 0 Å². The van der Waals surface area contributed by atoms with E-state index in [1.807, 2.05) is 0 Å². The molecule has 0 saturated carbocycles. The van der Waals surface area contributed by atoms with Gasteiger partial charge in [-0.1, -0.05) is 0 Å². The summed E-state index contributed by atoms with van der Waals surface area (Å²) in [5, 5.41) is 0. The molecule has 0 aromatic heterocycles. The first-order valence-corrected chi connectivity index (χ1v) is 15.2. The van der Waals surface area contributed by atoms with Gasteiger partial charge in [0, 0.05) is 0 Å². The van der Waals surface area contributed by atoms with Gasteiger partial charge in [-0.05, 0) is 0 Å². The van der Waals surface area contributed by atoms with Crippen LogP contribution in [0.25, 0.3) is 0 Å². The SMILES string of the molecule is [Cl][SbH].[Cl][SbH]([Cl])[Cl]. The van der Waals surface area contributed by atoms with E-state index >= 15 is 0 Å². The van der Waals surface area contributed by atoms with Crippen molar-refractivity contribution in [2.75, 3.05) is 0 Å². The fourth-order valence-corrected chi connectivity index (χ4v) is 0. The van der Waals surface area contributed by atoms with E-state index in [0.29, 0.717) is 0 Å². The second kappa shape index (κ2) is 10.7. The van der Waals surface area contributed by atoms with Crippen molar-refractivity contribution >= 4 is 74.0 Å². The minimum atomic E-state index is -2.13. The van der Waals surface area contributed by atoms with E-state index in [9.17, 15) is 0 Å². The Morgan fingerprint density at radius 3 is 1.00 bits per heavy atom. The van der Waals surface area contributed by atoms with Crippen LogP contribution in [-0.2, 0) is 0 Å². The molecule has 0 atom stereocenters. The topological polar surface area (TPSA) is 0 Å². The van der Waals surface area contributed by atoms with E-state index in [2.05, 4.69) is 0 Å². The predicted molar refractivity (Wildman–Crippen MR) is 37.7 cm³/mol. The zero-order valence-corrected chi connectivity index (χ0v) is 11.2.